The van der Waals surface area contributed by atoms with Gasteiger partial charge in [0.15, 0.2) is 0 Å². The summed E-state index contributed by atoms with van der Waals surface area (Å²) in [5.41, 5.74) is 0.842. The Kier molecular flexibility index (Phi) is 4.62. The van der Waals surface area contributed by atoms with Gasteiger partial charge in [-0.05, 0) is 30.7 Å². The van der Waals surface area contributed by atoms with Gasteiger partial charge in [0.1, 0.15) is 4.32 Å². The molecule has 1 amide bonds. The van der Waals surface area contributed by atoms with Crippen LogP contribution in [0.4, 0.5) is 0 Å². The van der Waals surface area contributed by atoms with Crippen LogP contribution in [0.1, 0.15) is 12.5 Å². The molecule has 1 aromatic carbocycles. The third-order valence-electron chi connectivity index (χ3n) is 2.72. The van der Waals surface area contributed by atoms with Crippen molar-refractivity contribution in [3.8, 4) is 0 Å². The number of carboxylic acid groups (broad SMARTS) is 1. The molecule has 7 heteroatoms. The summed E-state index contributed by atoms with van der Waals surface area (Å²) in [7, 11) is 0. The van der Waals surface area contributed by atoms with E-state index in [1.54, 1.807) is 6.08 Å². The molecule has 0 bridgehead atoms. The van der Waals surface area contributed by atoms with Crippen LogP contribution in [-0.2, 0) is 9.59 Å². The molecule has 1 unspecified atom stereocenters. The van der Waals surface area contributed by atoms with Crippen molar-refractivity contribution >= 4 is 62.2 Å². The molecule has 0 saturated carbocycles. The lowest BCUT2D eigenvalue weighted by Crippen LogP contribution is -2.48. The third kappa shape index (κ3) is 3.11. The van der Waals surface area contributed by atoms with Gasteiger partial charge in [-0.1, -0.05) is 52.0 Å². The van der Waals surface area contributed by atoms with Crippen LogP contribution < -0.4 is 5.11 Å². The first-order valence-electron chi connectivity index (χ1n) is 5.63. The Morgan fingerprint density at radius 1 is 1.45 bits per heavy atom. The molecule has 1 aliphatic rings. The van der Waals surface area contributed by atoms with E-state index in [2.05, 4.69) is 15.9 Å². The minimum absolute atomic E-state index is 0.232. The van der Waals surface area contributed by atoms with Crippen molar-refractivity contribution in [2.75, 3.05) is 0 Å². The second-order valence-corrected chi connectivity index (χ2v) is 6.69. The first kappa shape index (κ1) is 15.2. The quantitative estimate of drug-likeness (QED) is 0.599. The molecule has 0 aliphatic carbocycles. The number of hydrogen-bond acceptors (Lipinski definition) is 5. The zero-order valence-electron chi connectivity index (χ0n) is 10.3. The minimum Gasteiger partial charge on any atom is -0.548 e. The van der Waals surface area contributed by atoms with Gasteiger partial charge in [0.2, 0.25) is 0 Å². The molecule has 0 spiro atoms. The van der Waals surface area contributed by atoms with E-state index in [4.69, 9.17) is 12.2 Å². The third-order valence-corrected chi connectivity index (χ3v) is 4.58. The van der Waals surface area contributed by atoms with Crippen LogP contribution in [0.15, 0.2) is 33.6 Å². The molecule has 1 heterocycles. The maximum Gasteiger partial charge on any atom is 0.266 e. The Labute approximate surface area is 134 Å². The molecule has 1 fully saturated rings. The molecule has 4 nitrogen and oxygen atoms in total. The van der Waals surface area contributed by atoms with Crippen molar-refractivity contribution in [2.45, 2.75) is 13.0 Å². The van der Waals surface area contributed by atoms with Crippen LogP contribution >= 0.6 is 39.9 Å². The largest absolute Gasteiger partial charge is 0.548 e. The number of rotatable bonds is 3. The van der Waals surface area contributed by atoms with Crippen LogP contribution in [0.2, 0.25) is 0 Å². The summed E-state index contributed by atoms with van der Waals surface area (Å²) in [6.45, 7) is 1.38. The SMILES string of the molecule is CC(C(=O)[O-])N1C(=O)C(=Cc2ccc(Br)cc2)SC1=S. The molecular weight excluding hydrogens is 362 g/mol. The zero-order chi connectivity index (χ0) is 14.9. The average molecular weight is 371 g/mol. The summed E-state index contributed by atoms with van der Waals surface area (Å²) >= 11 is 9.48. The number of carbonyl (C=O) groups is 2. The van der Waals surface area contributed by atoms with E-state index in [9.17, 15) is 14.7 Å². The van der Waals surface area contributed by atoms with Gasteiger partial charge in [0, 0.05) is 4.47 Å². The predicted molar refractivity (Wildman–Crippen MR) is 83.6 cm³/mol. The Balaban J connectivity index is 2.28. The number of thioether (sulfide) groups is 1. The molecule has 104 valence electrons. The number of aliphatic carboxylic acids is 1. The summed E-state index contributed by atoms with van der Waals surface area (Å²) in [4.78, 5) is 24.5. The van der Waals surface area contributed by atoms with Crippen LogP contribution in [0, 0.1) is 0 Å². The highest BCUT2D eigenvalue weighted by Crippen LogP contribution is 2.33. The molecule has 1 saturated heterocycles. The standard InChI is InChI=1S/C13H10BrNO3S2/c1-7(12(17)18)15-11(16)10(20-13(15)19)6-8-2-4-9(14)5-3-8/h2-7H,1H3,(H,17,18)/p-1. The average Bonchev–Trinajstić information content (AvgIpc) is 2.66. The summed E-state index contributed by atoms with van der Waals surface area (Å²) in [6.07, 6.45) is 1.69. The molecule has 1 atom stereocenters. The van der Waals surface area contributed by atoms with Gasteiger partial charge in [-0.3, -0.25) is 9.69 Å². The summed E-state index contributed by atoms with van der Waals surface area (Å²) in [6, 6.07) is 6.34. The van der Waals surface area contributed by atoms with Crippen molar-refractivity contribution in [3.05, 3.63) is 39.2 Å². The highest BCUT2D eigenvalue weighted by molar-refractivity contribution is 9.10. The van der Waals surface area contributed by atoms with E-state index in [-0.39, 0.29) is 4.32 Å². The van der Waals surface area contributed by atoms with Crippen LogP contribution in [0.5, 0.6) is 0 Å². The lowest BCUT2D eigenvalue weighted by atomic mass is 10.2. The monoisotopic (exact) mass is 370 g/mol. The van der Waals surface area contributed by atoms with Crippen molar-refractivity contribution in [1.82, 2.24) is 4.90 Å². The molecule has 0 N–H and O–H groups in total. The second-order valence-electron chi connectivity index (χ2n) is 4.10. The summed E-state index contributed by atoms with van der Waals surface area (Å²) in [5.74, 6) is -1.73. The molecule has 1 aliphatic heterocycles. The second kappa shape index (κ2) is 6.07. The van der Waals surface area contributed by atoms with Crippen molar-refractivity contribution in [2.24, 2.45) is 0 Å². The van der Waals surface area contributed by atoms with Crippen molar-refractivity contribution in [3.63, 3.8) is 0 Å². The van der Waals surface area contributed by atoms with Crippen LogP contribution in [-0.4, -0.2) is 27.1 Å². The van der Waals surface area contributed by atoms with E-state index in [1.165, 1.54) is 6.92 Å². The van der Waals surface area contributed by atoms with E-state index >= 15 is 0 Å². The van der Waals surface area contributed by atoms with Gasteiger partial charge in [-0.25, -0.2) is 0 Å². The number of carboxylic acids is 1. The predicted octanol–water partition coefficient (Wildman–Crippen LogP) is 1.79. The summed E-state index contributed by atoms with van der Waals surface area (Å²) < 4.78 is 1.17. The molecule has 0 radical (unpaired) electrons. The van der Waals surface area contributed by atoms with Gasteiger partial charge in [0.25, 0.3) is 5.91 Å². The Bertz CT molecular complexity index is 613. The van der Waals surface area contributed by atoms with Gasteiger partial charge >= 0.3 is 0 Å². The van der Waals surface area contributed by atoms with Crippen LogP contribution in [0.25, 0.3) is 6.08 Å². The molecular formula is C13H9BrNO3S2-. The minimum atomic E-state index is -1.33. The van der Waals surface area contributed by atoms with Crippen molar-refractivity contribution < 1.29 is 14.7 Å². The van der Waals surface area contributed by atoms with E-state index < -0.39 is 17.9 Å². The Morgan fingerprint density at radius 3 is 2.60 bits per heavy atom. The van der Waals surface area contributed by atoms with Gasteiger partial charge in [0.05, 0.1) is 16.9 Å². The topological polar surface area (TPSA) is 60.4 Å². The highest BCUT2D eigenvalue weighted by atomic mass is 79.9. The number of benzene rings is 1. The fourth-order valence-electron chi connectivity index (χ4n) is 1.63. The maximum absolute atomic E-state index is 12.2. The molecule has 20 heavy (non-hydrogen) atoms. The lowest BCUT2D eigenvalue weighted by molar-refractivity contribution is -0.309. The smallest absolute Gasteiger partial charge is 0.266 e. The Hall–Kier alpha value is -1.18. The first-order valence-corrected chi connectivity index (χ1v) is 7.65. The normalized spacial score (nSPS) is 18.7. The van der Waals surface area contributed by atoms with E-state index in [0.717, 1.165) is 26.7 Å². The number of nitrogens with zero attached hydrogens (tertiary/aromatic N) is 1. The van der Waals surface area contributed by atoms with Gasteiger partial charge < -0.3 is 9.90 Å². The lowest BCUT2D eigenvalue weighted by Gasteiger charge is -2.23. The van der Waals surface area contributed by atoms with Crippen molar-refractivity contribution in [1.29, 1.82) is 0 Å². The molecule has 2 rings (SSSR count). The number of amides is 1. The molecule has 1 aromatic rings. The number of carbonyl (C=O) groups excluding carboxylic acids is 2. The Morgan fingerprint density at radius 2 is 2.05 bits per heavy atom. The number of thiocarbonyl (C=S) groups is 1. The fraction of sp³-hybridized carbons (Fsp3) is 0.154. The van der Waals surface area contributed by atoms with E-state index in [1.807, 2.05) is 24.3 Å². The summed E-state index contributed by atoms with van der Waals surface area (Å²) in [5, 5.41) is 10.9. The first-order chi connectivity index (χ1) is 9.40. The number of hydrogen-bond donors (Lipinski definition) is 0. The van der Waals surface area contributed by atoms with E-state index in [0.29, 0.717) is 4.91 Å². The van der Waals surface area contributed by atoms with Crippen LogP contribution in [0.3, 0.4) is 0 Å². The fourth-order valence-corrected chi connectivity index (χ4v) is 3.31. The number of halogens is 1. The highest BCUT2D eigenvalue weighted by Gasteiger charge is 2.35. The molecule has 0 aromatic heterocycles. The zero-order valence-corrected chi connectivity index (χ0v) is 13.5. The van der Waals surface area contributed by atoms with Gasteiger partial charge in [-0.15, -0.1) is 0 Å². The van der Waals surface area contributed by atoms with Gasteiger partial charge in [-0.2, -0.15) is 0 Å². The maximum atomic E-state index is 12.2.